The highest BCUT2D eigenvalue weighted by molar-refractivity contribution is 9.10. The lowest BCUT2D eigenvalue weighted by molar-refractivity contribution is 0.174. The molecule has 56 heavy (non-hydrogen) atoms. The quantitative estimate of drug-likeness (QED) is 0.178. The van der Waals surface area contributed by atoms with Crippen molar-refractivity contribution in [3.63, 3.8) is 0 Å². The molecule has 0 aliphatic rings. The maximum Gasteiger partial charge on any atom is 0.418 e. The van der Waals surface area contributed by atoms with Gasteiger partial charge in [0.1, 0.15) is 0 Å². The Kier molecular flexibility index (Phi) is 7.53. The van der Waals surface area contributed by atoms with Crippen LogP contribution in [0.15, 0.2) is 174 Å². The van der Waals surface area contributed by atoms with Crippen molar-refractivity contribution in [1.82, 2.24) is 9.13 Å². The van der Waals surface area contributed by atoms with E-state index in [9.17, 15) is 4.79 Å². The number of para-hydroxylation sites is 4. The third-order valence-corrected chi connectivity index (χ3v) is 13.1. The number of nitrogens with zero attached hydrogens (tertiary/aromatic N) is 2. The first-order chi connectivity index (χ1) is 27.6. The van der Waals surface area contributed by atoms with Gasteiger partial charge in [-0.05, 0) is 68.2 Å². The summed E-state index contributed by atoms with van der Waals surface area (Å²) in [5, 5.41) is 7.95. The summed E-state index contributed by atoms with van der Waals surface area (Å²) in [6, 6.07) is 60.0. The fourth-order valence-electron chi connectivity index (χ4n) is 8.77. The number of methoxy groups -OCH3 is 1. The molecule has 0 saturated heterocycles. The van der Waals surface area contributed by atoms with Gasteiger partial charge in [0.25, 0.3) is 0 Å². The molecule has 8 aromatic carbocycles. The Balaban J connectivity index is 1.17. The van der Waals surface area contributed by atoms with Gasteiger partial charge in [0, 0.05) is 58.7 Å². The Bertz CT molecular complexity index is 3390. The molecule has 0 fully saturated rings. The number of fused-ring (bicyclic) bond motifs is 8. The zero-order chi connectivity index (χ0) is 37.5. The minimum Gasteiger partial charge on any atom is -0.452 e. The maximum absolute atomic E-state index is 14.3. The van der Waals surface area contributed by atoms with Gasteiger partial charge in [0.15, 0.2) is 0 Å². The van der Waals surface area contributed by atoms with E-state index in [1.54, 1.807) is 4.57 Å². The smallest absolute Gasteiger partial charge is 0.418 e. The normalized spacial score (nSPS) is 11.8. The molecule has 0 saturated carbocycles. The predicted octanol–water partition coefficient (Wildman–Crippen LogP) is 14.6. The summed E-state index contributed by atoms with van der Waals surface area (Å²) in [7, 11) is 1.45. The first-order valence-corrected chi connectivity index (χ1v) is 20.1. The topological polar surface area (TPSA) is 36.2 Å². The third-order valence-electron chi connectivity index (χ3n) is 11.2. The molecule has 11 rings (SSSR count). The van der Waals surface area contributed by atoms with Crippen molar-refractivity contribution in [3.05, 3.63) is 174 Å². The van der Waals surface area contributed by atoms with Crippen LogP contribution in [0.2, 0.25) is 0 Å². The minimum absolute atomic E-state index is 0.456. The summed E-state index contributed by atoms with van der Waals surface area (Å²) >= 11 is 5.86. The van der Waals surface area contributed by atoms with E-state index in [1.165, 1.54) is 32.7 Å². The van der Waals surface area contributed by atoms with E-state index in [0.29, 0.717) is 0 Å². The van der Waals surface area contributed by atoms with Crippen molar-refractivity contribution in [2.75, 3.05) is 7.11 Å². The van der Waals surface area contributed by atoms with E-state index in [1.807, 2.05) is 17.4 Å². The average molecular weight is 804 g/mol. The van der Waals surface area contributed by atoms with E-state index in [4.69, 9.17) is 4.74 Å². The molecule has 0 atom stereocenters. The number of carbonyl (C=O) groups excluding carboxylic acids is 1. The van der Waals surface area contributed by atoms with E-state index in [-0.39, 0.29) is 0 Å². The highest BCUT2D eigenvalue weighted by Gasteiger charge is 2.27. The minimum atomic E-state index is -0.456. The van der Waals surface area contributed by atoms with Crippen molar-refractivity contribution in [2.24, 2.45) is 0 Å². The molecule has 266 valence electrons. The molecule has 3 aromatic heterocycles. The fourth-order valence-corrected chi connectivity index (χ4v) is 10.6. The number of carbonyl (C=O) groups is 1. The maximum atomic E-state index is 14.3. The Labute approximate surface area is 334 Å². The summed E-state index contributed by atoms with van der Waals surface area (Å²) in [4.78, 5) is 14.3. The molecule has 6 heteroatoms. The van der Waals surface area contributed by atoms with Gasteiger partial charge in [-0.1, -0.05) is 140 Å². The van der Waals surface area contributed by atoms with Crippen LogP contribution in [-0.4, -0.2) is 22.3 Å². The number of benzene rings is 8. The van der Waals surface area contributed by atoms with Crippen LogP contribution in [0.4, 0.5) is 4.79 Å². The van der Waals surface area contributed by atoms with Crippen molar-refractivity contribution in [2.45, 2.75) is 0 Å². The van der Waals surface area contributed by atoms with Crippen LogP contribution in [0.3, 0.4) is 0 Å². The highest BCUT2D eigenvalue weighted by atomic mass is 79.9. The first-order valence-electron chi connectivity index (χ1n) is 18.5. The van der Waals surface area contributed by atoms with Crippen LogP contribution in [-0.2, 0) is 4.74 Å². The second-order valence-electron chi connectivity index (χ2n) is 14.1. The number of hydrogen-bond acceptors (Lipinski definition) is 3. The number of ether oxygens (including phenoxy) is 1. The van der Waals surface area contributed by atoms with Gasteiger partial charge in [-0.3, -0.25) is 0 Å². The van der Waals surface area contributed by atoms with E-state index in [2.05, 4.69) is 184 Å². The van der Waals surface area contributed by atoms with Gasteiger partial charge in [-0.25, -0.2) is 9.36 Å². The van der Waals surface area contributed by atoms with Crippen LogP contribution in [0, 0.1) is 0 Å². The summed E-state index contributed by atoms with van der Waals surface area (Å²) in [6.45, 7) is 0. The van der Waals surface area contributed by atoms with Crippen molar-refractivity contribution in [3.8, 4) is 39.2 Å². The van der Waals surface area contributed by atoms with Gasteiger partial charge >= 0.3 is 6.09 Å². The second kappa shape index (κ2) is 12.8. The Morgan fingerprint density at radius 3 is 1.89 bits per heavy atom. The predicted molar refractivity (Wildman–Crippen MR) is 238 cm³/mol. The molecule has 0 N–H and O–H groups in total. The zero-order valence-corrected chi connectivity index (χ0v) is 32.6. The molecular formula is C50H31BrN2O2S. The molecule has 0 unspecified atom stereocenters. The fraction of sp³-hybridized carbons (Fsp3) is 0.0200. The van der Waals surface area contributed by atoms with E-state index < -0.39 is 6.09 Å². The van der Waals surface area contributed by atoms with Crippen LogP contribution >= 0.6 is 27.3 Å². The van der Waals surface area contributed by atoms with Gasteiger partial charge in [-0.15, -0.1) is 11.3 Å². The summed E-state index contributed by atoms with van der Waals surface area (Å²) in [5.74, 6) is 0. The molecule has 4 nitrogen and oxygen atoms in total. The number of halogens is 1. The first kappa shape index (κ1) is 32.9. The molecule has 0 aliphatic heterocycles. The zero-order valence-electron chi connectivity index (χ0n) is 30.2. The van der Waals surface area contributed by atoms with Crippen LogP contribution in [0.1, 0.15) is 0 Å². The largest absolute Gasteiger partial charge is 0.452 e. The average Bonchev–Trinajstić information content (AvgIpc) is 3.90. The standard InChI is InChI=1S/C50H31BrN2O2S/c1-55-50(54)53-48-41(40-22-11-21-39-35-15-5-7-25-43(35)52(47(39)40)31-13-3-2-4-14-31)23-12-24-42(48)46(51)49(53)38-20-10-18-33-32(17-9-19-34(33)38)30-27-28-37-36-16-6-8-26-44(36)56-45(37)29-30/h2-29H,1H3. The van der Waals surface area contributed by atoms with E-state index in [0.717, 1.165) is 81.8 Å². The number of thiophene rings is 1. The van der Waals surface area contributed by atoms with Gasteiger partial charge in [0.05, 0.1) is 33.8 Å². The van der Waals surface area contributed by atoms with Crippen LogP contribution in [0.25, 0.3) is 103 Å². The Hall–Kier alpha value is -6.47. The number of aromatic nitrogens is 2. The lowest BCUT2D eigenvalue weighted by Gasteiger charge is -2.15. The molecular weight excluding hydrogens is 773 g/mol. The monoisotopic (exact) mass is 802 g/mol. The molecule has 3 heterocycles. The van der Waals surface area contributed by atoms with E-state index >= 15 is 0 Å². The molecule has 0 aliphatic carbocycles. The van der Waals surface area contributed by atoms with Gasteiger partial charge in [0.2, 0.25) is 0 Å². The molecule has 0 spiro atoms. The number of rotatable bonds is 4. The van der Waals surface area contributed by atoms with Crippen molar-refractivity contribution < 1.29 is 9.53 Å². The SMILES string of the molecule is COC(=O)n1c(-c2cccc3c(-c4ccc5c(c4)sc4ccccc45)cccc23)c(Br)c2cccc(-c3cccc4c5ccccc5n(-c5ccccc5)c34)c21. The van der Waals surface area contributed by atoms with Gasteiger partial charge < -0.3 is 9.30 Å². The lowest BCUT2D eigenvalue weighted by atomic mass is 9.94. The molecule has 11 aromatic rings. The van der Waals surface area contributed by atoms with Crippen molar-refractivity contribution in [1.29, 1.82) is 0 Å². The Morgan fingerprint density at radius 1 is 0.518 bits per heavy atom. The van der Waals surface area contributed by atoms with Crippen LogP contribution in [0.5, 0.6) is 0 Å². The summed E-state index contributed by atoms with van der Waals surface area (Å²) in [6.07, 6.45) is -0.456. The lowest BCUT2D eigenvalue weighted by Crippen LogP contribution is -2.13. The van der Waals surface area contributed by atoms with Gasteiger partial charge in [-0.2, -0.15) is 0 Å². The summed E-state index contributed by atoms with van der Waals surface area (Å²) < 4.78 is 13.1. The molecule has 0 radical (unpaired) electrons. The third kappa shape index (κ3) is 4.79. The highest BCUT2D eigenvalue weighted by Crippen LogP contribution is 2.47. The second-order valence-corrected chi connectivity index (χ2v) is 16.0. The van der Waals surface area contributed by atoms with Crippen molar-refractivity contribution >= 4 is 97.0 Å². The molecule has 0 bridgehead atoms. The van der Waals surface area contributed by atoms with Crippen LogP contribution < -0.4 is 0 Å². The Morgan fingerprint density at radius 2 is 1.11 bits per heavy atom. The molecule has 0 amide bonds. The number of hydrogen-bond donors (Lipinski definition) is 0. The summed E-state index contributed by atoms with van der Waals surface area (Å²) in [5.41, 5.74) is 9.98.